The molecular weight excluding hydrogens is 334 g/mol. The lowest BCUT2D eigenvalue weighted by atomic mass is 10.2. The summed E-state index contributed by atoms with van der Waals surface area (Å²) >= 11 is 7.31. The zero-order chi connectivity index (χ0) is 11.1. The minimum atomic E-state index is 1.00. The van der Waals surface area contributed by atoms with Gasteiger partial charge in [0.05, 0.1) is 22.0 Å². The molecule has 1 fully saturated rings. The van der Waals surface area contributed by atoms with E-state index in [4.69, 9.17) is 0 Å². The minimum Gasteiger partial charge on any atom is -0.370 e. The first kappa shape index (κ1) is 10.6. The second-order valence-corrected chi connectivity index (χ2v) is 5.66. The SMILES string of the molecule is Brc1cc2[nH]cnc2c(Br)c1N1CCCC1. The van der Waals surface area contributed by atoms with E-state index in [9.17, 15) is 0 Å². The predicted octanol–water partition coefficient (Wildman–Crippen LogP) is 3.69. The summed E-state index contributed by atoms with van der Waals surface area (Å²) in [6.45, 7) is 2.26. The number of rotatable bonds is 1. The average Bonchev–Trinajstić information content (AvgIpc) is 2.87. The summed E-state index contributed by atoms with van der Waals surface area (Å²) in [5.41, 5.74) is 3.30. The molecule has 0 radical (unpaired) electrons. The molecule has 84 valence electrons. The summed E-state index contributed by atoms with van der Waals surface area (Å²) < 4.78 is 2.21. The number of aromatic amines is 1. The molecule has 3 rings (SSSR count). The maximum absolute atomic E-state index is 4.34. The molecule has 1 aromatic heterocycles. The third-order valence-corrected chi connectivity index (χ3v) is 4.36. The molecule has 2 heterocycles. The lowest BCUT2D eigenvalue weighted by Gasteiger charge is -2.21. The predicted molar refractivity (Wildman–Crippen MR) is 72.9 cm³/mol. The van der Waals surface area contributed by atoms with E-state index >= 15 is 0 Å². The zero-order valence-electron chi connectivity index (χ0n) is 8.63. The van der Waals surface area contributed by atoms with Gasteiger partial charge in [0.15, 0.2) is 0 Å². The van der Waals surface area contributed by atoms with Gasteiger partial charge < -0.3 is 9.88 Å². The highest BCUT2D eigenvalue weighted by molar-refractivity contribution is 9.11. The van der Waals surface area contributed by atoms with Gasteiger partial charge >= 0.3 is 0 Å². The number of nitrogens with one attached hydrogen (secondary N) is 1. The second kappa shape index (κ2) is 4.04. The maximum Gasteiger partial charge on any atom is 0.105 e. The van der Waals surface area contributed by atoms with Gasteiger partial charge in [0.1, 0.15) is 5.52 Å². The Morgan fingerprint density at radius 2 is 2.00 bits per heavy atom. The van der Waals surface area contributed by atoms with E-state index in [1.807, 2.05) is 0 Å². The lowest BCUT2D eigenvalue weighted by Crippen LogP contribution is -2.18. The molecule has 1 aliphatic heterocycles. The van der Waals surface area contributed by atoms with Crippen molar-refractivity contribution in [1.29, 1.82) is 0 Å². The summed E-state index contributed by atoms with van der Waals surface area (Å²) in [6.07, 6.45) is 4.28. The van der Waals surface area contributed by atoms with Gasteiger partial charge in [-0.15, -0.1) is 0 Å². The van der Waals surface area contributed by atoms with Crippen LogP contribution in [0.15, 0.2) is 21.3 Å². The molecule has 0 amide bonds. The number of anilines is 1. The van der Waals surface area contributed by atoms with Crippen molar-refractivity contribution in [3.63, 3.8) is 0 Å². The van der Waals surface area contributed by atoms with Crippen molar-refractivity contribution in [3.05, 3.63) is 21.3 Å². The number of halogens is 2. The summed E-state index contributed by atoms with van der Waals surface area (Å²) in [4.78, 5) is 9.88. The molecule has 5 heteroatoms. The van der Waals surface area contributed by atoms with Gasteiger partial charge in [-0.25, -0.2) is 4.98 Å². The quantitative estimate of drug-likeness (QED) is 0.855. The summed E-state index contributed by atoms with van der Waals surface area (Å²) in [5, 5.41) is 0. The highest BCUT2D eigenvalue weighted by atomic mass is 79.9. The molecule has 0 unspecified atom stereocenters. The molecule has 1 saturated heterocycles. The Morgan fingerprint density at radius 1 is 1.25 bits per heavy atom. The topological polar surface area (TPSA) is 31.9 Å². The first-order chi connectivity index (χ1) is 7.77. The molecule has 16 heavy (non-hydrogen) atoms. The Morgan fingerprint density at radius 3 is 2.75 bits per heavy atom. The van der Waals surface area contributed by atoms with E-state index in [1.54, 1.807) is 6.33 Å². The van der Waals surface area contributed by atoms with Crippen molar-refractivity contribution in [2.45, 2.75) is 12.8 Å². The number of fused-ring (bicyclic) bond motifs is 1. The molecule has 0 aliphatic carbocycles. The van der Waals surface area contributed by atoms with Gasteiger partial charge in [-0.1, -0.05) is 0 Å². The third kappa shape index (κ3) is 1.57. The van der Waals surface area contributed by atoms with Crippen LogP contribution in [-0.4, -0.2) is 23.1 Å². The second-order valence-electron chi connectivity index (χ2n) is 4.01. The lowest BCUT2D eigenvalue weighted by molar-refractivity contribution is 0.949. The number of nitrogens with zero attached hydrogens (tertiary/aromatic N) is 2. The molecule has 0 atom stereocenters. The molecule has 1 aromatic carbocycles. The largest absolute Gasteiger partial charge is 0.370 e. The fraction of sp³-hybridized carbons (Fsp3) is 0.364. The van der Waals surface area contributed by atoms with E-state index in [1.165, 1.54) is 18.5 Å². The van der Waals surface area contributed by atoms with Crippen LogP contribution in [0, 0.1) is 0 Å². The Balaban J connectivity index is 2.21. The fourth-order valence-corrected chi connectivity index (χ4v) is 3.96. The molecule has 0 saturated carbocycles. The van der Waals surface area contributed by atoms with Crippen LogP contribution in [0.4, 0.5) is 5.69 Å². The summed E-state index contributed by atoms with van der Waals surface area (Å²) in [7, 11) is 0. The number of hydrogen-bond acceptors (Lipinski definition) is 2. The molecular formula is C11H11Br2N3. The fourth-order valence-electron chi connectivity index (χ4n) is 2.23. The van der Waals surface area contributed by atoms with Crippen LogP contribution in [0.3, 0.4) is 0 Å². The van der Waals surface area contributed by atoms with Crippen molar-refractivity contribution in [2.24, 2.45) is 0 Å². The average molecular weight is 345 g/mol. The standard InChI is InChI=1S/C11H11Br2N3/c12-7-5-8-10(15-6-14-8)9(13)11(7)16-3-1-2-4-16/h5-6H,1-4H2,(H,14,15). The Labute approximate surface area is 110 Å². The molecule has 0 spiro atoms. The van der Waals surface area contributed by atoms with Crippen molar-refractivity contribution in [2.75, 3.05) is 18.0 Å². The van der Waals surface area contributed by atoms with Gasteiger partial charge in [0, 0.05) is 17.6 Å². The minimum absolute atomic E-state index is 1.00. The van der Waals surface area contributed by atoms with Crippen molar-refractivity contribution in [3.8, 4) is 0 Å². The Kier molecular flexibility index (Phi) is 2.67. The molecule has 1 N–H and O–H groups in total. The Hall–Kier alpha value is -0.550. The highest BCUT2D eigenvalue weighted by Crippen LogP contribution is 2.40. The zero-order valence-corrected chi connectivity index (χ0v) is 11.8. The number of aromatic nitrogens is 2. The summed E-state index contributed by atoms with van der Waals surface area (Å²) in [6, 6.07) is 2.10. The van der Waals surface area contributed by atoms with Crippen LogP contribution in [0.1, 0.15) is 12.8 Å². The van der Waals surface area contributed by atoms with Crippen LogP contribution in [0.25, 0.3) is 11.0 Å². The van der Waals surface area contributed by atoms with Gasteiger partial charge in [-0.2, -0.15) is 0 Å². The van der Waals surface area contributed by atoms with Crippen LogP contribution < -0.4 is 4.90 Å². The first-order valence-corrected chi connectivity index (χ1v) is 6.92. The molecule has 2 aromatic rings. The third-order valence-electron chi connectivity index (χ3n) is 3.00. The molecule has 0 bridgehead atoms. The van der Waals surface area contributed by atoms with E-state index in [0.29, 0.717) is 0 Å². The van der Waals surface area contributed by atoms with E-state index < -0.39 is 0 Å². The summed E-state index contributed by atoms with van der Waals surface area (Å²) in [5.74, 6) is 0. The molecule has 3 nitrogen and oxygen atoms in total. The monoisotopic (exact) mass is 343 g/mol. The van der Waals surface area contributed by atoms with Crippen molar-refractivity contribution >= 4 is 48.6 Å². The van der Waals surface area contributed by atoms with Gasteiger partial charge in [-0.05, 0) is 50.8 Å². The van der Waals surface area contributed by atoms with Gasteiger partial charge in [0.25, 0.3) is 0 Å². The van der Waals surface area contributed by atoms with Crippen LogP contribution in [-0.2, 0) is 0 Å². The van der Waals surface area contributed by atoms with Crippen molar-refractivity contribution in [1.82, 2.24) is 9.97 Å². The van der Waals surface area contributed by atoms with Crippen LogP contribution in [0.5, 0.6) is 0 Å². The van der Waals surface area contributed by atoms with Gasteiger partial charge in [-0.3, -0.25) is 0 Å². The number of imidazole rings is 1. The smallest absolute Gasteiger partial charge is 0.105 e. The van der Waals surface area contributed by atoms with Gasteiger partial charge in [0.2, 0.25) is 0 Å². The normalized spacial score (nSPS) is 16.2. The maximum atomic E-state index is 4.34. The van der Waals surface area contributed by atoms with Crippen molar-refractivity contribution < 1.29 is 0 Å². The first-order valence-electron chi connectivity index (χ1n) is 5.33. The number of hydrogen-bond donors (Lipinski definition) is 1. The van der Waals surface area contributed by atoms with Crippen LogP contribution >= 0.6 is 31.9 Å². The Bertz CT molecular complexity index is 529. The van der Waals surface area contributed by atoms with E-state index in [0.717, 1.165) is 33.1 Å². The molecule has 1 aliphatic rings. The van der Waals surface area contributed by atoms with E-state index in [2.05, 4.69) is 52.8 Å². The number of H-pyrrole nitrogens is 1. The van der Waals surface area contributed by atoms with E-state index in [-0.39, 0.29) is 0 Å². The highest BCUT2D eigenvalue weighted by Gasteiger charge is 2.20. The number of benzene rings is 1. The van der Waals surface area contributed by atoms with Crippen LogP contribution in [0.2, 0.25) is 0 Å².